The molecule has 0 fully saturated rings. The number of para-hydroxylation sites is 1. The molecule has 3 aromatic carbocycles. The molecule has 29 heavy (non-hydrogen) atoms. The van der Waals surface area contributed by atoms with Crippen LogP contribution < -0.4 is 5.32 Å². The van der Waals surface area contributed by atoms with Crippen molar-refractivity contribution in [3.05, 3.63) is 100 Å². The van der Waals surface area contributed by atoms with Crippen molar-refractivity contribution in [2.45, 2.75) is 38.1 Å². The van der Waals surface area contributed by atoms with Gasteiger partial charge in [0, 0.05) is 5.92 Å². The zero-order chi connectivity index (χ0) is 20.1. The Bertz CT molecular complexity index is 1080. The van der Waals surface area contributed by atoms with Gasteiger partial charge in [0.15, 0.2) is 0 Å². The Morgan fingerprint density at radius 2 is 1.69 bits per heavy atom. The summed E-state index contributed by atoms with van der Waals surface area (Å²) in [6.45, 7) is 4.40. The van der Waals surface area contributed by atoms with Gasteiger partial charge in [-0.15, -0.1) is 0 Å². The van der Waals surface area contributed by atoms with Crippen LogP contribution in [0, 0.1) is 5.92 Å². The molecule has 0 saturated carbocycles. The molecule has 3 atom stereocenters. The average Bonchev–Trinajstić information content (AvgIpc) is 3.12. The van der Waals surface area contributed by atoms with E-state index in [0.29, 0.717) is 17.4 Å². The number of fused-ring (bicyclic) bond motifs is 5. The number of carboxylic acid groups (broad SMARTS) is 1. The number of carbonyl (C=O) groups is 1. The van der Waals surface area contributed by atoms with Crippen molar-refractivity contribution < 1.29 is 9.90 Å². The van der Waals surface area contributed by atoms with Crippen LogP contribution in [0.25, 0.3) is 0 Å². The highest BCUT2D eigenvalue weighted by atomic mass is 16.4. The summed E-state index contributed by atoms with van der Waals surface area (Å²) < 4.78 is 0. The molecule has 0 saturated heterocycles. The molecule has 0 radical (unpaired) electrons. The summed E-state index contributed by atoms with van der Waals surface area (Å²) in [6.07, 6.45) is 1.00. The normalized spacial score (nSPS) is 21.8. The zero-order valence-electron chi connectivity index (χ0n) is 16.7. The maximum absolute atomic E-state index is 11.9. The van der Waals surface area contributed by atoms with Gasteiger partial charge in [-0.1, -0.05) is 74.5 Å². The molecule has 1 aliphatic heterocycles. The Balaban J connectivity index is 1.66. The number of anilines is 1. The molecule has 1 aliphatic carbocycles. The second kappa shape index (κ2) is 6.77. The van der Waals surface area contributed by atoms with Crippen molar-refractivity contribution in [3.8, 4) is 0 Å². The molecule has 3 heteroatoms. The van der Waals surface area contributed by atoms with Gasteiger partial charge in [-0.05, 0) is 52.1 Å². The first kappa shape index (κ1) is 18.0. The number of carboxylic acids is 1. The third-order valence-electron chi connectivity index (χ3n) is 6.63. The van der Waals surface area contributed by atoms with Gasteiger partial charge >= 0.3 is 5.97 Å². The van der Waals surface area contributed by atoms with Crippen molar-refractivity contribution in [1.82, 2.24) is 0 Å². The first-order chi connectivity index (χ1) is 14.0. The minimum atomic E-state index is -0.881. The van der Waals surface area contributed by atoms with Crippen LogP contribution in [-0.4, -0.2) is 11.1 Å². The summed E-state index contributed by atoms with van der Waals surface area (Å²) in [5.41, 5.74) is 7.50. The van der Waals surface area contributed by atoms with E-state index in [4.69, 9.17) is 0 Å². The topological polar surface area (TPSA) is 49.3 Å². The minimum Gasteiger partial charge on any atom is -0.478 e. The van der Waals surface area contributed by atoms with E-state index in [1.54, 1.807) is 6.07 Å². The van der Waals surface area contributed by atoms with E-state index in [0.717, 1.165) is 17.7 Å². The van der Waals surface area contributed by atoms with E-state index < -0.39 is 5.97 Å². The van der Waals surface area contributed by atoms with E-state index in [9.17, 15) is 9.90 Å². The fourth-order valence-corrected chi connectivity index (χ4v) is 5.18. The molecular weight excluding hydrogens is 358 g/mol. The molecule has 0 unspecified atom stereocenters. The highest BCUT2D eigenvalue weighted by molar-refractivity contribution is 5.96. The van der Waals surface area contributed by atoms with Crippen molar-refractivity contribution >= 4 is 11.7 Å². The maximum atomic E-state index is 11.9. The Kier molecular flexibility index (Phi) is 4.20. The lowest BCUT2D eigenvalue weighted by molar-refractivity contribution is 0.0697. The van der Waals surface area contributed by atoms with E-state index in [2.05, 4.69) is 73.8 Å². The van der Waals surface area contributed by atoms with Crippen molar-refractivity contribution in [3.63, 3.8) is 0 Å². The number of aromatic carboxylic acids is 1. The van der Waals surface area contributed by atoms with Gasteiger partial charge in [-0.2, -0.15) is 0 Å². The maximum Gasteiger partial charge on any atom is 0.337 e. The fraction of sp³-hybridized carbons (Fsp3) is 0.269. The van der Waals surface area contributed by atoms with E-state index >= 15 is 0 Å². The molecular formula is C26H25NO2. The number of rotatable bonds is 3. The van der Waals surface area contributed by atoms with Gasteiger partial charge < -0.3 is 10.4 Å². The Hall–Kier alpha value is -3.07. The van der Waals surface area contributed by atoms with Crippen LogP contribution >= 0.6 is 0 Å². The lowest BCUT2D eigenvalue weighted by Gasteiger charge is -2.38. The average molecular weight is 383 g/mol. The smallest absolute Gasteiger partial charge is 0.337 e. The molecule has 0 aromatic heterocycles. The summed E-state index contributed by atoms with van der Waals surface area (Å²) in [6, 6.07) is 23.2. The number of nitrogens with one attached hydrogen (secondary N) is 1. The van der Waals surface area contributed by atoms with Gasteiger partial charge in [-0.25, -0.2) is 4.79 Å². The van der Waals surface area contributed by atoms with E-state index in [1.807, 2.05) is 6.07 Å². The Morgan fingerprint density at radius 1 is 0.966 bits per heavy atom. The van der Waals surface area contributed by atoms with Crippen LogP contribution in [0.3, 0.4) is 0 Å². The highest BCUT2D eigenvalue weighted by Gasteiger charge is 2.44. The standard InChI is InChI=1S/C26H25NO2/c1-15(2)16-10-12-17(13-11-16)24-22-14-18-6-3-4-7-19(18)23(22)20-8-5-9-21(26(28)29)25(20)27-24/h3-13,15,22-24,27H,14H2,1-2H3,(H,28,29)/t22-,23-,24+/m1/s1. The summed E-state index contributed by atoms with van der Waals surface area (Å²) >= 11 is 0. The van der Waals surface area contributed by atoms with E-state index in [1.165, 1.54) is 22.3 Å². The summed E-state index contributed by atoms with van der Waals surface area (Å²) in [7, 11) is 0. The number of benzene rings is 3. The van der Waals surface area contributed by atoms with Crippen LogP contribution in [0.5, 0.6) is 0 Å². The molecule has 2 N–H and O–H groups in total. The third-order valence-corrected chi connectivity index (χ3v) is 6.63. The van der Waals surface area contributed by atoms with Crippen molar-refractivity contribution in [2.75, 3.05) is 5.32 Å². The largest absolute Gasteiger partial charge is 0.478 e. The van der Waals surface area contributed by atoms with Gasteiger partial charge in [-0.3, -0.25) is 0 Å². The second-order valence-electron chi connectivity index (χ2n) is 8.56. The van der Waals surface area contributed by atoms with Crippen LogP contribution in [0.4, 0.5) is 5.69 Å². The Labute approximate surface area is 171 Å². The fourth-order valence-electron chi connectivity index (χ4n) is 5.18. The van der Waals surface area contributed by atoms with E-state index in [-0.39, 0.29) is 12.0 Å². The van der Waals surface area contributed by atoms with Crippen LogP contribution in [-0.2, 0) is 6.42 Å². The summed E-state index contributed by atoms with van der Waals surface area (Å²) in [5, 5.41) is 13.4. The lowest BCUT2D eigenvalue weighted by atomic mass is 9.75. The van der Waals surface area contributed by atoms with Gasteiger partial charge in [0.05, 0.1) is 17.3 Å². The molecule has 0 bridgehead atoms. The van der Waals surface area contributed by atoms with Gasteiger partial charge in [0.1, 0.15) is 0 Å². The molecule has 5 rings (SSSR count). The predicted molar refractivity (Wildman–Crippen MR) is 116 cm³/mol. The molecule has 3 aromatic rings. The summed E-state index contributed by atoms with van der Waals surface area (Å²) in [4.78, 5) is 11.9. The second-order valence-corrected chi connectivity index (χ2v) is 8.56. The highest BCUT2D eigenvalue weighted by Crippen LogP contribution is 2.54. The van der Waals surface area contributed by atoms with Crippen molar-refractivity contribution in [1.29, 1.82) is 0 Å². The molecule has 0 spiro atoms. The quantitative estimate of drug-likeness (QED) is 0.585. The van der Waals surface area contributed by atoms with Crippen LogP contribution in [0.1, 0.15) is 69.9 Å². The van der Waals surface area contributed by atoms with Gasteiger partial charge in [0.25, 0.3) is 0 Å². The predicted octanol–water partition coefficient (Wildman–Crippen LogP) is 5.98. The SMILES string of the molecule is CC(C)c1ccc([C@@H]2Nc3c(C(=O)O)cccc3[C@H]3c4ccccc4C[C@H]32)cc1. The molecule has 146 valence electrons. The molecule has 3 nitrogen and oxygen atoms in total. The molecule has 0 amide bonds. The third kappa shape index (κ3) is 2.84. The lowest BCUT2D eigenvalue weighted by Crippen LogP contribution is -2.31. The Morgan fingerprint density at radius 3 is 2.41 bits per heavy atom. The first-order valence-corrected chi connectivity index (χ1v) is 10.3. The first-order valence-electron chi connectivity index (χ1n) is 10.3. The monoisotopic (exact) mass is 383 g/mol. The zero-order valence-corrected chi connectivity index (χ0v) is 16.7. The van der Waals surface area contributed by atoms with Gasteiger partial charge in [0.2, 0.25) is 0 Å². The molecule has 2 aliphatic rings. The number of hydrogen-bond acceptors (Lipinski definition) is 2. The molecule has 1 heterocycles. The number of hydrogen-bond donors (Lipinski definition) is 2. The van der Waals surface area contributed by atoms with Crippen LogP contribution in [0.2, 0.25) is 0 Å². The van der Waals surface area contributed by atoms with Crippen LogP contribution in [0.15, 0.2) is 66.7 Å². The summed E-state index contributed by atoms with van der Waals surface area (Å²) in [5.74, 6) is 0.199. The minimum absolute atomic E-state index is 0.0848. The van der Waals surface area contributed by atoms with Crippen molar-refractivity contribution in [2.24, 2.45) is 5.92 Å².